The van der Waals surface area contributed by atoms with Crippen molar-refractivity contribution >= 4 is 21.6 Å². The van der Waals surface area contributed by atoms with Gasteiger partial charge in [-0.3, -0.25) is 10.1 Å². The van der Waals surface area contributed by atoms with Crippen LogP contribution in [0.1, 0.15) is 18.4 Å². The second kappa shape index (κ2) is 4.37. The molecule has 0 aromatic heterocycles. The Morgan fingerprint density at radius 3 is 2.38 bits per heavy atom. The minimum atomic E-state index is -0.386. The molecule has 1 rings (SSSR count). The lowest BCUT2D eigenvalue weighted by molar-refractivity contribution is -0.384. The van der Waals surface area contributed by atoms with Gasteiger partial charge in [0, 0.05) is 17.5 Å². The number of nitrogens with zero attached hydrogens (tertiary/aromatic N) is 1. The van der Waals surface area contributed by atoms with Crippen LogP contribution in [0.4, 0.5) is 5.69 Å². The first kappa shape index (κ1) is 10.2. The maximum absolute atomic E-state index is 10.3. The van der Waals surface area contributed by atoms with Gasteiger partial charge >= 0.3 is 0 Å². The molecule has 0 aliphatic carbocycles. The van der Waals surface area contributed by atoms with Crippen LogP contribution in [-0.4, -0.2) is 10.3 Å². The predicted octanol–water partition coefficient (Wildman–Crippen LogP) is 3.09. The summed E-state index contributed by atoms with van der Waals surface area (Å²) in [5.74, 6) is 0.390. The van der Waals surface area contributed by atoms with Crippen molar-refractivity contribution in [2.24, 2.45) is 0 Å². The van der Waals surface area contributed by atoms with E-state index in [0.717, 1.165) is 10.9 Å². The molecule has 0 radical (unpaired) electrons. The van der Waals surface area contributed by atoms with Crippen LogP contribution in [0, 0.1) is 10.1 Å². The number of hydrogen-bond acceptors (Lipinski definition) is 2. The lowest BCUT2D eigenvalue weighted by atomic mass is 10.0. The van der Waals surface area contributed by atoms with Crippen LogP contribution >= 0.6 is 15.9 Å². The molecule has 0 N–H and O–H groups in total. The number of nitro benzene ring substituents is 1. The molecule has 70 valence electrons. The summed E-state index contributed by atoms with van der Waals surface area (Å²) in [5.41, 5.74) is 1.26. The van der Waals surface area contributed by atoms with Crippen LogP contribution in [0.2, 0.25) is 0 Å². The van der Waals surface area contributed by atoms with Crippen molar-refractivity contribution in [2.75, 3.05) is 5.33 Å². The maximum atomic E-state index is 10.3. The van der Waals surface area contributed by atoms with Gasteiger partial charge < -0.3 is 0 Å². The Morgan fingerprint density at radius 2 is 2.00 bits per heavy atom. The topological polar surface area (TPSA) is 43.1 Å². The lowest BCUT2D eigenvalue weighted by Crippen LogP contribution is -1.94. The van der Waals surface area contributed by atoms with Gasteiger partial charge in [-0.2, -0.15) is 0 Å². The molecule has 3 nitrogen and oxygen atoms in total. The summed E-state index contributed by atoms with van der Waals surface area (Å²) in [5, 5.41) is 11.2. The van der Waals surface area contributed by atoms with E-state index in [-0.39, 0.29) is 10.6 Å². The van der Waals surface area contributed by atoms with Crippen molar-refractivity contribution in [2.45, 2.75) is 12.8 Å². The Balaban J connectivity index is 2.87. The number of halogens is 1. The normalized spacial score (nSPS) is 12.5. The van der Waals surface area contributed by atoms with Crippen molar-refractivity contribution in [3.05, 3.63) is 39.9 Å². The monoisotopic (exact) mass is 243 g/mol. The number of alkyl halides is 1. The van der Waals surface area contributed by atoms with Gasteiger partial charge in [-0.05, 0) is 11.5 Å². The van der Waals surface area contributed by atoms with Crippen molar-refractivity contribution in [1.29, 1.82) is 0 Å². The number of rotatable bonds is 3. The molecular weight excluding hydrogens is 234 g/mol. The molecule has 0 aliphatic heterocycles. The van der Waals surface area contributed by atoms with Crippen LogP contribution in [0.3, 0.4) is 0 Å². The zero-order valence-electron chi connectivity index (χ0n) is 7.24. The minimum Gasteiger partial charge on any atom is -0.258 e. The first-order chi connectivity index (χ1) is 6.15. The fourth-order valence-corrected chi connectivity index (χ4v) is 1.39. The highest BCUT2D eigenvalue weighted by Gasteiger charge is 2.07. The quantitative estimate of drug-likeness (QED) is 0.465. The molecular formula is C9H10BrNO2. The zero-order valence-corrected chi connectivity index (χ0v) is 8.82. The first-order valence-electron chi connectivity index (χ1n) is 3.95. The molecule has 0 heterocycles. The second-order valence-corrected chi connectivity index (χ2v) is 3.55. The summed E-state index contributed by atoms with van der Waals surface area (Å²) >= 11 is 3.37. The number of hydrogen-bond donors (Lipinski definition) is 0. The Bertz CT molecular complexity index is 297. The lowest BCUT2D eigenvalue weighted by Gasteiger charge is -2.06. The summed E-state index contributed by atoms with van der Waals surface area (Å²) in [6, 6.07) is 6.66. The first-order valence-corrected chi connectivity index (χ1v) is 5.07. The van der Waals surface area contributed by atoms with E-state index < -0.39 is 0 Å². The van der Waals surface area contributed by atoms with E-state index in [1.807, 2.05) is 0 Å². The number of benzene rings is 1. The third kappa shape index (κ3) is 2.52. The summed E-state index contributed by atoms with van der Waals surface area (Å²) in [6.45, 7) is 2.07. The molecule has 0 amide bonds. The molecule has 0 fully saturated rings. The molecule has 0 saturated heterocycles. The van der Waals surface area contributed by atoms with E-state index in [1.165, 1.54) is 12.1 Å². The van der Waals surface area contributed by atoms with Crippen LogP contribution in [0.5, 0.6) is 0 Å². The second-order valence-electron chi connectivity index (χ2n) is 2.90. The van der Waals surface area contributed by atoms with Crippen LogP contribution < -0.4 is 0 Å². The van der Waals surface area contributed by atoms with Crippen molar-refractivity contribution < 1.29 is 4.92 Å². The number of nitro groups is 1. The average molecular weight is 244 g/mol. The largest absolute Gasteiger partial charge is 0.269 e. The van der Waals surface area contributed by atoms with E-state index in [1.54, 1.807) is 12.1 Å². The summed E-state index contributed by atoms with van der Waals surface area (Å²) in [6.07, 6.45) is 0. The van der Waals surface area contributed by atoms with Gasteiger partial charge in [0.25, 0.3) is 5.69 Å². The van der Waals surface area contributed by atoms with Gasteiger partial charge in [0.1, 0.15) is 0 Å². The van der Waals surface area contributed by atoms with Gasteiger partial charge in [0.05, 0.1) is 4.92 Å². The third-order valence-electron chi connectivity index (χ3n) is 1.90. The van der Waals surface area contributed by atoms with E-state index in [0.29, 0.717) is 5.92 Å². The third-order valence-corrected chi connectivity index (χ3v) is 2.88. The van der Waals surface area contributed by atoms with Gasteiger partial charge in [0.2, 0.25) is 0 Å². The average Bonchev–Trinajstić information content (AvgIpc) is 2.17. The molecule has 4 heteroatoms. The van der Waals surface area contributed by atoms with Crippen molar-refractivity contribution in [3.8, 4) is 0 Å². The molecule has 13 heavy (non-hydrogen) atoms. The van der Waals surface area contributed by atoms with Crippen molar-refractivity contribution in [1.82, 2.24) is 0 Å². The summed E-state index contributed by atoms with van der Waals surface area (Å²) in [7, 11) is 0. The number of non-ortho nitro benzene ring substituents is 1. The van der Waals surface area contributed by atoms with E-state index in [4.69, 9.17) is 0 Å². The van der Waals surface area contributed by atoms with E-state index in [9.17, 15) is 10.1 Å². The molecule has 1 unspecified atom stereocenters. The van der Waals surface area contributed by atoms with Gasteiger partial charge in [-0.25, -0.2) is 0 Å². The smallest absolute Gasteiger partial charge is 0.258 e. The molecule has 0 aliphatic rings. The van der Waals surface area contributed by atoms with Gasteiger partial charge in [0.15, 0.2) is 0 Å². The predicted molar refractivity (Wildman–Crippen MR) is 55.3 cm³/mol. The minimum absolute atomic E-state index is 0.144. The highest BCUT2D eigenvalue weighted by molar-refractivity contribution is 9.09. The highest BCUT2D eigenvalue weighted by Crippen LogP contribution is 2.20. The SMILES string of the molecule is CC(CBr)c1ccc([N+](=O)[O-])cc1. The fraction of sp³-hybridized carbons (Fsp3) is 0.333. The standard InChI is InChI=1S/C9H10BrNO2/c1-7(6-10)8-2-4-9(5-3-8)11(12)13/h2-5,7H,6H2,1H3. The summed E-state index contributed by atoms with van der Waals surface area (Å²) < 4.78 is 0. The maximum Gasteiger partial charge on any atom is 0.269 e. The Kier molecular flexibility index (Phi) is 3.42. The van der Waals surface area contributed by atoms with Crippen molar-refractivity contribution in [3.63, 3.8) is 0 Å². The van der Waals surface area contributed by atoms with Crippen LogP contribution in [0.25, 0.3) is 0 Å². The van der Waals surface area contributed by atoms with E-state index >= 15 is 0 Å². The van der Waals surface area contributed by atoms with Gasteiger partial charge in [-0.1, -0.05) is 35.0 Å². The molecule has 1 aromatic rings. The Labute approximate surface area is 85.0 Å². The summed E-state index contributed by atoms with van der Waals surface area (Å²) in [4.78, 5) is 9.96. The zero-order chi connectivity index (χ0) is 9.84. The fourth-order valence-electron chi connectivity index (χ4n) is 1.01. The van der Waals surface area contributed by atoms with E-state index in [2.05, 4.69) is 22.9 Å². The van der Waals surface area contributed by atoms with Crippen LogP contribution in [0.15, 0.2) is 24.3 Å². The molecule has 0 bridgehead atoms. The molecule has 0 saturated carbocycles. The molecule has 1 aromatic carbocycles. The molecule has 0 spiro atoms. The highest BCUT2D eigenvalue weighted by atomic mass is 79.9. The Hall–Kier alpha value is -0.900. The van der Waals surface area contributed by atoms with Crippen LogP contribution in [-0.2, 0) is 0 Å². The Morgan fingerprint density at radius 1 is 1.46 bits per heavy atom. The molecule has 1 atom stereocenters. The van der Waals surface area contributed by atoms with Gasteiger partial charge in [-0.15, -0.1) is 0 Å².